The van der Waals surface area contributed by atoms with Crippen molar-refractivity contribution >= 4 is 60.8 Å². The van der Waals surface area contributed by atoms with E-state index in [-0.39, 0.29) is 0 Å². The van der Waals surface area contributed by atoms with E-state index in [2.05, 4.69) is 216 Å². The van der Waals surface area contributed by atoms with Crippen molar-refractivity contribution in [2.45, 2.75) is 5.41 Å². The number of anilines is 3. The van der Waals surface area contributed by atoms with Gasteiger partial charge in [-0.2, -0.15) is 0 Å². The van der Waals surface area contributed by atoms with Crippen molar-refractivity contribution < 1.29 is 4.42 Å². The summed E-state index contributed by atoms with van der Waals surface area (Å²) in [6, 6.07) is 75.3. The number of benzene rings is 9. The minimum atomic E-state index is -0.422. The van der Waals surface area contributed by atoms with Gasteiger partial charge in [-0.3, -0.25) is 0 Å². The highest BCUT2D eigenvalue weighted by atomic mass is 16.3. The third-order valence-electron chi connectivity index (χ3n) is 12.8. The van der Waals surface area contributed by atoms with Gasteiger partial charge < -0.3 is 13.9 Å². The third-order valence-corrected chi connectivity index (χ3v) is 12.8. The van der Waals surface area contributed by atoms with Crippen LogP contribution in [0.5, 0.6) is 0 Å². The molecule has 2 aliphatic rings. The summed E-state index contributed by atoms with van der Waals surface area (Å²) in [6.07, 6.45) is 0. The Labute approximate surface area is 335 Å². The molecule has 2 heterocycles. The summed E-state index contributed by atoms with van der Waals surface area (Å²) >= 11 is 0. The third kappa shape index (κ3) is 4.07. The molecule has 0 saturated heterocycles. The molecule has 11 aromatic rings. The highest BCUT2D eigenvalue weighted by molar-refractivity contribution is 6.11. The molecule has 0 bridgehead atoms. The largest absolute Gasteiger partial charge is 0.456 e. The molecule has 2 aromatic heterocycles. The van der Waals surface area contributed by atoms with E-state index in [1.165, 1.54) is 66.3 Å². The molecular formula is C55H34N2O. The second-order valence-corrected chi connectivity index (χ2v) is 15.6. The number of nitrogens with zero attached hydrogens (tertiary/aromatic N) is 2. The van der Waals surface area contributed by atoms with Crippen molar-refractivity contribution in [3.8, 4) is 27.9 Å². The molecule has 0 saturated carbocycles. The lowest BCUT2D eigenvalue weighted by molar-refractivity contribution is 0.669. The zero-order chi connectivity index (χ0) is 38.0. The minimum absolute atomic E-state index is 0.422. The number of rotatable bonds is 4. The van der Waals surface area contributed by atoms with E-state index in [1.54, 1.807) is 0 Å². The lowest BCUT2D eigenvalue weighted by Gasteiger charge is -2.31. The first kappa shape index (κ1) is 31.6. The van der Waals surface area contributed by atoms with Crippen molar-refractivity contribution in [1.82, 2.24) is 4.57 Å². The quantitative estimate of drug-likeness (QED) is 0.179. The highest BCUT2D eigenvalue weighted by Crippen LogP contribution is 2.64. The highest BCUT2D eigenvalue weighted by Gasteiger charge is 2.52. The maximum absolute atomic E-state index is 6.73. The van der Waals surface area contributed by atoms with Crippen molar-refractivity contribution in [1.29, 1.82) is 0 Å². The summed E-state index contributed by atoms with van der Waals surface area (Å²) in [4.78, 5) is 2.41. The molecule has 58 heavy (non-hydrogen) atoms. The summed E-state index contributed by atoms with van der Waals surface area (Å²) in [6.45, 7) is 0. The van der Waals surface area contributed by atoms with Gasteiger partial charge in [-0.05, 0) is 99.6 Å². The first-order valence-corrected chi connectivity index (χ1v) is 20.0. The lowest BCUT2D eigenvalue weighted by Crippen LogP contribution is -2.26. The van der Waals surface area contributed by atoms with E-state index in [0.717, 1.165) is 44.7 Å². The molecule has 13 rings (SSSR count). The number of hydrogen-bond acceptors (Lipinski definition) is 2. The SMILES string of the molecule is c1ccc(N(c2ccc3c(c2)oc2ccc(-n4c5ccccc5c5ccccc54)cc23)c2cccc3c2-c2ccccc2C32c3ccccc3-c3ccccc32)cc1. The maximum atomic E-state index is 6.73. The van der Waals surface area contributed by atoms with Gasteiger partial charge in [0.1, 0.15) is 11.2 Å². The Balaban J connectivity index is 1.02. The van der Waals surface area contributed by atoms with Gasteiger partial charge in [0, 0.05) is 50.2 Å². The molecule has 9 aromatic carbocycles. The molecule has 3 heteroatoms. The van der Waals surface area contributed by atoms with Gasteiger partial charge in [0.2, 0.25) is 0 Å². The van der Waals surface area contributed by atoms with E-state index < -0.39 is 5.41 Å². The van der Waals surface area contributed by atoms with E-state index in [0.29, 0.717) is 0 Å². The number of hydrogen-bond donors (Lipinski definition) is 0. The Morgan fingerprint density at radius 1 is 0.379 bits per heavy atom. The number of para-hydroxylation sites is 3. The van der Waals surface area contributed by atoms with Crippen molar-refractivity contribution in [3.05, 3.63) is 229 Å². The first-order chi connectivity index (χ1) is 28.8. The standard InChI is InChI=1S/C55H34N2O/c1-2-15-35(16-3-1)56(51-28-14-25-48-54(51)43-21-6-11-24-47(43)55(48)45-22-9-4-17-38(45)39-18-5-10-23-46(39)55)37-29-31-42-44-33-36(30-32-52(44)58-53(42)34-37)57-49-26-12-7-19-40(49)41-20-8-13-27-50(41)57/h1-34H. The lowest BCUT2D eigenvalue weighted by atomic mass is 9.70. The molecule has 1 spiro atoms. The van der Waals surface area contributed by atoms with Crippen LogP contribution in [0.25, 0.3) is 71.7 Å². The smallest absolute Gasteiger partial charge is 0.137 e. The fourth-order valence-corrected chi connectivity index (χ4v) is 10.5. The number of fused-ring (bicyclic) bond motifs is 16. The average Bonchev–Trinajstić information content (AvgIpc) is 4.00. The second-order valence-electron chi connectivity index (χ2n) is 15.6. The molecule has 0 N–H and O–H groups in total. The predicted octanol–water partition coefficient (Wildman–Crippen LogP) is 14.5. The fraction of sp³-hybridized carbons (Fsp3) is 0.0182. The van der Waals surface area contributed by atoms with Crippen molar-refractivity contribution in [2.24, 2.45) is 0 Å². The van der Waals surface area contributed by atoms with Gasteiger partial charge in [-0.1, -0.05) is 140 Å². The Hall–Kier alpha value is -7.62. The van der Waals surface area contributed by atoms with Crippen LogP contribution in [-0.2, 0) is 5.41 Å². The first-order valence-electron chi connectivity index (χ1n) is 20.0. The normalized spacial score (nSPS) is 13.3. The van der Waals surface area contributed by atoms with Crippen LogP contribution in [0.15, 0.2) is 211 Å². The van der Waals surface area contributed by atoms with Crippen molar-refractivity contribution in [3.63, 3.8) is 0 Å². The predicted molar refractivity (Wildman–Crippen MR) is 239 cm³/mol. The van der Waals surface area contributed by atoms with Crippen LogP contribution in [-0.4, -0.2) is 4.57 Å². The molecule has 3 nitrogen and oxygen atoms in total. The fourth-order valence-electron chi connectivity index (χ4n) is 10.5. The van der Waals surface area contributed by atoms with Gasteiger partial charge in [0.25, 0.3) is 0 Å². The maximum Gasteiger partial charge on any atom is 0.137 e. The molecule has 0 fully saturated rings. The van der Waals surface area contributed by atoms with Crippen LogP contribution in [0.4, 0.5) is 17.1 Å². The molecule has 2 aliphatic carbocycles. The molecule has 0 amide bonds. The molecule has 0 aliphatic heterocycles. The second kappa shape index (κ2) is 11.7. The average molecular weight is 739 g/mol. The number of furan rings is 1. The van der Waals surface area contributed by atoms with Gasteiger partial charge >= 0.3 is 0 Å². The molecule has 0 unspecified atom stereocenters. The van der Waals surface area contributed by atoms with Gasteiger partial charge in [-0.15, -0.1) is 0 Å². The van der Waals surface area contributed by atoms with Crippen LogP contribution in [0, 0.1) is 0 Å². The van der Waals surface area contributed by atoms with Gasteiger partial charge in [-0.25, -0.2) is 0 Å². The zero-order valence-electron chi connectivity index (χ0n) is 31.4. The van der Waals surface area contributed by atoms with E-state index in [1.807, 2.05) is 0 Å². The van der Waals surface area contributed by atoms with Crippen LogP contribution >= 0.6 is 0 Å². The Morgan fingerprint density at radius 3 is 1.67 bits per heavy atom. The molecule has 270 valence electrons. The summed E-state index contributed by atoms with van der Waals surface area (Å²) in [5.41, 5.74) is 18.5. The van der Waals surface area contributed by atoms with E-state index in [9.17, 15) is 0 Å². The zero-order valence-corrected chi connectivity index (χ0v) is 31.4. The Kier molecular flexibility index (Phi) is 6.37. The van der Waals surface area contributed by atoms with Gasteiger partial charge in [0.15, 0.2) is 0 Å². The summed E-state index contributed by atoms with van der Waals surface area (Å²) in [5, 5.41) is 4.70. The molecule has 0 radical (unpaired) electrons. The monoisotopic (exact) mass is 738 g/mol. The van der Waals surface area contributed by atoms with Gasteiger partial charge in [0.05, 0.1) is 22.1 Å². The van der Waals surface area contributed by atoms with Crippen LogP contribution < -0.4 is 4.90 Å². The van der Waals surface area contributed by atoms with Crippen LogP contribution in [0.1, 0.15) is 22.3 Å². The molecular weight excluding hydrogens is 705 g/mol. The Morgan fingerprint density at radius 2 is 0.966 bits per heavy atom. The Bertz CT molecular complexity index is 3380. The molecule has 0 atom stereocenters. The van der Waals surface area contributed by atoms with Crippen LogP contribution in [0.2, 0.25) is 0 Å². The van der Waals surface area contributed by atoms with Crippen molar-refractivity contribution in [2.75, 3.05) is 4.90 Å². The minimum Gasteiger partial charge on any atom is -0.456 e. The summed E-state index contributed by atoms with van der Waals surface area (Å²) in [5.74, 6) is 0. The van der Waals surface area contributed by atoms with E-state index >= 15 is 0 Å². The topological polar surface area (TPSA) is 21.3 Å². The summed E-state index contributed by atoms with van der Waals surface area (Å²) < 4.78 is 9.10. The van der Waals surface area contributed by atoms with Crippen LogP contribution in [0.3, 0.4) is 0 Å². The summed E-state index contributed by atoms with van der Waals surface area (Å²) in [7, 11) is 0. The van der Waals surface area contributed by atoms with E-state index in [4.69, 9.17) is 4.42 Å². The number of aromatic nitrogens is 1.